The van der Waals surface area contributed by atoms with E-state index in [1.54, 1.807) is 13.8 Å². The molecule has 0 saturated heterocycles. The van der Waals surface area contributed by atoms with Gasteiger partial charge in [-0.3, -0.25) is 4.79 Å². The van der Waals surface area contributed by atoms with E-state index in [-0.39, 0.29) is 6.54 Å². The van der Waals surface area contributed by atoms with Crippen molar-refractivity contribution in [1.82, 2.24) is 5.32 Å². The number of rotatable bonds is 6. The fourth-order valence-corrected chi connectivity index (χ4v) is 0.916. The summed E-state index contributed by atoms with van der Waals surface area (Å²) in [4.78, 5) is 22.2. The number of amides is 1. The molecule has 0 aliphatic rings. The summed E-state index contributed by atoms with van der Waals surface area (Å²) in [5, 5.41) is 19.6. The van der Waals surface area contributed by atoms with Crippen molar-refractivity contribution in [3.63, 3.8) is 0 Å². The minimum Gasteiger partial charge on any atom is -0.480 e. The van der Waals surface area contributed by atoms with Crippen LogP contribution >= 0.6 is 0 Å². The number of aliphatic hydroxyl groups is 1. The molecule has 0 aliphatic carbocycles. The standard InChI is InChI=1S/C9H18N2O4/c1-3-9(2,5-10)8(15)11-6(4-12)7(13)14/h6,12H,3-5,10H2,1-2H3,(H,11,15)(H,13,14). The van der Waals surface area contributed by atoms with Crippen LogP contribution in [0.3, 0.4) is 0 Å². The first kappa shape index (κ1) is 13.9. The quantitative estimate of drug-likeness (QED) is 0.453. The maximum absolute atomic E-state index is 11.6. The molecule has 1 amide bonds. The maximum atomic E-state index is 11.6. The van der Waals surface area contributed by atoms with Gasteiger partial charge in [0, 0.05) is 6.54 Å². The molecule has 0 aliphatic heterocycles. The summed E-state index contributed by atoms with van der Waals surface area (Å²) in [5.74, 6) is -1.71. The lowest BCUT2D eigenvalue weighted by Gasteiger charge is -2.26. The zero-order valence-corrected chi connectivity index (χ0v) is 8.99. The molecule has 5 N–H and O–H groups in total. The van der Waals surface area contributed by atoms with Gasteiger partial charge in [0.15, 0.2) is 0 Å². The lowest BCUT2D eigenvalue weighted by Crippen LogP contribution is -2.51. The first-order valence-electron chi connectivity index (χ1n) is 4.76. The van der Waals surface area contributed by atoms with Gasteiger partial charge < -0.3 is 21.3 Å². The van der Waals surface area contributed by atoms with Crippen LogP contribution in [0.5, 0.6) is 0 Å². The highest BCUT2D eigenvalue weighted by molar-refractivity contribution is 5.87. The van der Waals surface area contributed by atoms with E-state index in [9.17, 15) is 9.59 Å². The zero-order valence-electron chi connectivity index (χ0n) is 8.99. The number of hydrogen-bond donors (Lipinski definition) is 4. The molecule has 0 heterocycles. The van der Waals surface area contributed by atoms with Gasteiger partial charge in [0.05, 0.1) is 12.0 Å². The Morgan fingerprint density at radius 1 is 1.53 bits per heavy atom. The second kappa shape index (κ2) is 5.67. The van der Waals surface area contributed by atoms with E-state index >= 15 is 0 Å². The van der Waals surface area contributed by atoms with Gasteiger partial charge in [-0.15, -0.1) is 0 Å². The van der Waals surface area contributed by atoms with E-state index in [0.29, 0.717) is 6.42 Å². The van der Waals surface area contributed by atoms with Crippen molar-refractivity contribution in [3.05, 3.63) is 0 Å². The Morgan fingerprint density at radius 3 is 2.33 bits per heavy atom. The molecule has 15 heavy (non-hydrogen) atoms. The van der Waals surface area contributed by atoms with Crippen molar-refractivity contribution in [3.8, 4) is 0 Å². The third-order valence-corrected chi connectivity index (χ3v) is 2.57. The van der Waals surface area contributed by atoms with Crippen LogP contribution in [0.2, 0.25) is 0 Å². The highest BCUT2D eigenvalue weighted by atomic mass is 16.4. The van der Waals surface area contributed by atoms with Crippen LogP contribution in [0.1, 0.15) is 20.3 Å². The van der Waals surface area contributed by atoms with E-state index in [1.165, 1.54) is 0 Å². The summed E-state index contributed by atoms with van der Waals surface area (Å²) < 4.78 is 0. The number of carbonyl (C=O) groups is 2. The summed E-state index contributed by atoms with van der Waals surface area (Å²) in [6.45, 7) is 2.94. The fraction of sp³-hybridized carbons (Fsp3) is 0.778. The van der Waals surface area contributed by atoms with E-state index in [0.717, 1.165) is 0 Å². The third kappa shape index (κ3) is 3.49. The van der Waals surface area contributed by atoms with Crippen molar-refractivity contribution >= 4 is 11.9 Å². The first-order chi connectivity index (χ1) is 6.91. The molecule has 6 nitrogen and oxygen atoms in total. The lowest BCUT2D eigenvalue weighted by atomic mass is 9.86. The second-order valence-electron chi connectivity index (χ2n) is 3.67. The van der Waals surface area contributed by atoms with Crippen molar-refractivity contribution in [2.75, 3.05) is 13.2 Å². The highest BCUT2D eigenvalue weighted by Crippen LogP contribution is 2.19. The number of hydrogen-bond acceptors (Lipinski definition) is 4. The molecule has 0 saturated carbocycles. The van der Waals surface area contributed by atoms with Crippen LogP contribution in [0.4, 0.5) is 0 Å². The van der Waals surface area contributed by atoms with E-state index < -0.39 is 29.9 Å². The van der Waals surface area contributed by atoms with Gasteiger partial charge >= 0.3 is 5.97 Å². The van der Waals surface area contributed by atoms with Crippen molar-refractivity contribution in [2.24, 2.45) is 11.1 Å². The minimum atomic E-state index is -1.27. The summed E-state index contributed by atoms with van der Waals surface area (Å²) in [7, 11) is 0. The summed E-state index contributed by atoms with van der Waals surface area (Å²) in [6.07, 6.45) is 0.507. The topological polar surface area (TPSA) is 113 Å². The number of nitrogens with two attached hydrogens (primary N) is 1. The first-order valence-corrected chi connectivity index (χ1v) is 4.76. The number of carbonyl (C=O) groups excluding carboxylic acids is 1. The summed E-state index contributed by atoms with van der Waals surface area (Å²) >= 11 is 0. The minimum absolute atomic E-state index is 0.132. The van der Waals surface area contributed by atoms with Crippen LogP contribution in [-0.2, 0) is 9.59 Å². The third-order valence-electron chi connectivity index (χ3n) is 2.57. The fourth-order valence-electron chi connectivity index (χ4n) is 0.916. The molecular formula is C9H18N2O4. The van der Waals surface area contributed by atoms with Gasteiger partial charge in [0.2, 0.25) is 5.91 Å². The number of nitrogens with one attached hydrogen (secondary N) is 1. The molecule has 0 aromatic heterocycles. The van der Waals surface area contributed by atoms with E-state index in [1.807, 2.05) is 0 Å². The predicted octanol–water partition coefficient (Wildman–Crippen LogP) is -1.08. The van der Waals surface area contributed by atoms with E-state index in [2.05, 4.69) is 5.32 Å². The summed E-state index contributed by atoms with van der Waals surface area (Å²) in [6, 6.07) is -1.27. The van der Waals surface area contributed by atoms with Gasteiger partial charge in [0.1, 0.15) is 6.04 Å². The monoisotopic (exact) mass is 218 g/mol. The molecule has 2 unspecified atom stereocenters. The number of aliphatic hydroxyl groups excluding tert-OH is 1. The Labute approximate surface area is 88.5 Å². The van der Waals surface area contributed by atoms with Crippen LogP contribution in [-0.4, -0.2) is 41.3 Å². The van der Waals surface area contributed by atoms with Crippen molar-refractivity contribution in [1.29, 1.82) is 0 Å². The molecule has 0 rings (SSSR count). The van der Waals surface area contributed by atoms with Gasteiger partial charge in [0.25, 0.3) is 0 Å². The average molecular weight is 218 g/mol. The molecule has 88 valence electrons. The predicted molar refractivity (Wildman–Crippen MR) is 54.1 cm³/mol. The number of carboxylic acids is 1. The second-order valence-corrected chi connectivity index (χ2v) is 3.67. The van der Waals surface area contributed by atoms with Crippen LogP contribution in [0.25, 0.3) is 0 Å². The number of carboxylic acid groups (broad SMARTS) is 1. The Morgan fingerprint density at radius 2 is 2.07 bits per heavy atom. The average Bonchev–Trinajstić information content (AvgIpc) is 2.23. The van der Waals surface area contributed by atoms with Gasteiger partial charge in [-0.1, -0.05) is 6.92 Å². The SMILES string of the molecule is CCC(C)(CN)C(=O)NC(CO)C(=O)O. The highest BCUT2D eigenvalue weighted by Gasteiger charge is 2.32. The Balaban J connectivity index is 4.52. The lowest BCUT2D eigenvalue weighted by molar-refractivity contribution is -0.144. The van der Waals surface area contributed by atoms with Gasteiger partial charge in [-0.05, 0) is 13.3 Å². The Kier molecular flexibility index (Phi) is 5.24. The van der Waals surface area contributed by atoms with Crippen molar-refractivity contribution in [2.45, 2.75) is 26.3 Å². The normalized spacial score (nSPS) is 16.5. The largest absolute Gasteiger partial charge is 0.480 e. The van der Waals surface area contributed by atoms with Gasteiger partial charge in [-0.25, -0.2) is 4.79 Å². The molecule has 0 radical (unpaired) electrons. The molecule has 6 heteroatoms. The van der Waals surface area contributed by atoms with Crippen LogP contribution < -0.4 is 11.1 Å². The van der Waals surface area contributed by atoms with E-state index in [4.69, 9.17) is 15.9 Å². The molecule has 0 bridgehead atoms. The van der Waals surface area contributed by atoms with Crippen LogP contribution in [0.15, 0.2) is 0 Å². The zero-order chi connectivity index (χ0) is 12.1. The molecule has 0 aromatic carbocycles. The molecule has 2 atom stereocenters. The van der Waals surface area contributed by atoms with Crippen LogP contribution in [0, 0.1) is 5.41 Å². The molecule has 0 aromatic rings. The molecular weight excluding hydrogens is 200 g/mol. The molecule has 0 fully saturated rings. The van der Waals surface area contributed by atoms with Gasteiger partial charge in [-0.2, -0.15) is 0 Å². The maximum Gasteiger partial charge on any atom is 0.328 e. The molecule has 0 spiro atoms. The Hall–Kier alpha value is -1.14. The van der Waals surface area contributed by atoms with Crippen molar-refractivity contribution < 1.29 is 19.8 Å². The summed E-state index contributed by atoms with van der Waals surface area (Å²) in [5.41, 5.74) is 4.65. The Bertz CT molecular complexity index is 238. The number of aliphatic carboxylic acids is 1. The smallest absolute Gasteiger partial charge is 0.328 e.